The number of methoxy groups -OCH3 is 1. The maximum Gasteiger partial charge on any atom is 0.419 e. The summed E-state index contributed by atoms with van der Waals surface area (Å²) >= 11 is 0. The minimum Gasteiger partial charge on any atom is -0.497 e. The summed E-state index contributed by atoms with van der Waals surface area (Å²) in [7, 11) is 1.47. The zero-order chi connectivity index (χ0) is 24.7. The van der Waals surface area contributed by atoms with Crippen LogP contribution in [-0.2, 0) is 4.79 Å². The van der Waals surface area contributed by atoms with Crippen molar-refractivity contribution in [2.75, 3.05) is 36.5 Å². The normalized spacial score (nSPS) is 22.2. The molecule has 1 saturated heterocycles. The number of carbonyl (C=O) groups is 2. The molecular formula is C27H32FN3O4. The van der Waals surface area contributed by atoms with Gasteiger partial charge in [0.1, 0.15) is 5.75 Å². The third-order valence-electron chi connectivity index (χ3n) is 7.43. The van der Waals surface area contributed by atoms with Crippen molar-refractivity contribution in [2.45, 2.75) is 57.5 Å². The molecule has 0 bridgehead atoms. The molecule has 8 heteroatoms. The lowest BCUT2D eigenvalue weighted by Crippen LogP contribution is -2.53. The fourth-order valence-electron chi connectivity index (χ4n) is 5.38. The van der Waals surface area contributed by atoms with Crippen LogP contribution in [0.2, 0.25) is 0 Å². The molecule has 5 rings (SSSR count). The first-order valence-corrected chi connectivity index (χ1v) is 12.4. The van der Waals surface area contributed by atoms with E-state index in [0.29, 0.717) is 29.5 Å². The van der Waals surface area contributed by atoms with Crippen LogP contribution in [-0.4, -0.2) is 55.7 Å². The lowest BCUT2D eigenvalue weighted by Gasteiger charge is -2.41. The Hall–Kier alpha value is -3.13. The average Bonchev–Trinajstić information content (AvgIpc) is 3.59. The van der Waals surface area contributed by atoms with Gasteiger partial charge in [0, 0.05) is 25.6 Å². The SMILES string of the molecule is CC[C@H]1CN(C(=O)Oc2cc(OC)ccc2F)c2cc(C3CCN(C4CC4)C3)ccc2N1C(C)=O. The molecule has 3 aliphatic rings. The fourth-order valence-corrected chi connectivity index (χ4v) is 5.38. The van der Waals surface area contributed by atoms with Gasteiger partial charge in [0.15, 0.2) is 11.6 Å². The van der Waals surface area contributed by atoms with Crippen molar-refractivity contribution in [3.8, 4) is 11.5 Å². The first-order valence-electron chi connectivity index (χ1n) is 12.4. The molecular weight excluding hydrogens is 449 g/mol. The van der Waals surface area contributed by atoms with Crippen LogP contribution in [0.3, 0.4) is 0 Å². The molecule has 2 amide bonds. The van der Waals surface area contributed by atoms with Crippen molar-refractivity contribution >= 4 is 23.4 Å². The quantitative estimate of drug-likeness (QED) is 0.606. The highest BCUT2D eigenvalue weighted by Crippen LogP contribution is 2.42. The van der Waals surface area contributed by atoms with Crippen LogP contribution in [0, 0.1) is 5.82 Å². The van der Waals surface area contributed by atoms with Gasteiger partial charge in [0.05, 0.1) is 31.1 Å². The molecule has 0 radical (unpaired) electrons. The van der Waals surface area contributed by atoms with Gasteiger partial charge in [-0.25, -0.2) is 9.18 Å². The van der Waals surface area contributed by atoms with Crippen LogP contribution in [0.4, 0.5) is 20.6 Å². The summed E-state index contributed by atoms with van der Waals surface area (Å²) in [6, 6.07) is 10.6. The van der Waals surface area contributed by atoms with Crippen LogP contribution in [0.1, 0.15) is 51.0 Å². The maximum absolute atomic E-state index is 14.4. The number of benzene rings is 2. The van der Waals surface area contributed by atoms with Gasteiger partial charge in [-0.05, 0) is 68.0 Å². The summed E-state index contributed by atoms with van der Waals surface area (Å²) < 4.78 is 25.1. The van der Waals surface area contributed by atoms with E-state index >= 15 is 0 Å². The lowest BCUT2D eigenvalue weighted by molar-refractivity contribution is -0.117. The number of halogens is 1. The number of likely N-dealkylation sites (tertiary alicyclic amines) is 1. The maximum atomic E-state index is 14.4. The average molecular weight is 482 g/mol. The Morgan fingerprint density at radius 3 is 2.54 bits per heavy atom. The van der Waals surface area contributed by atoms with Crippen molar-refractivity contribution in [3.63, 3.8) is 0 Å². The Kier molecular flexibility index (Phi) is 6.40. The predicted molar refractivity (Wildman–Crippen MR) is 132 cm³/mol. The van der Waals surface area contributed by atoms with Crippen LogP contribution in [0.5, 0.6) is 11.5 Å². The number of rotatable bonds is 5. The first kappa shape index (κ1) is 23.6. The molecule has 2 fully saturated rings. The molecule has 1 aliphatic carbocycles. The molecule has 0 spiro atoms. The molecule has 2 aromatic carbocycles. The summed E-state index contributed by atoms with van der Waals surface area (Å²) in [5, 5.41) is 0. The second kappa shape index (κ2) is 9.49. The van der Waals surface area contributed by atoms with Gasteiger partial charge in [0.2, 0.25) is 5.91 Å². The zero-order valence-corrected chi connectivity index (χ0v) is 20.5. The third-order valence-corrected chi connectivity index (χ3v) is 7.43. The van der Waals surface area contributed by atoms with E-state index in [1.807, 2.05) is 19.1 Å². The monoisotopic (exact) mass is 481 g/mol. The van der Waals surface area contributed by atoms with Gasteiger partial charge in [-0.2, -0.15) is 0 Å². The van der Waals surface area contributed by atoms with E-state index in [1.165, 1.54) is 38.2 Å². The van der Waals surface area contributed by atoms with Gasteiger partial charge in [-0.1, -0.05) is 13.0 Å². The number of anilines is 2. The highest BCUT2D eigenvalue weighted by Gasteiger charge is 2.38. The number of ether oxygens (including phenoxy) is 2. The minimum atomic E-state index is -0.678. The van der Waals surface area contributed by atoms with E-state index in [9.17, 15) is 14.0 Å². The molecule has 2 heterocycles. The highest BCUT2D eigenvalue weighted by atomic mass is 19.1. The molecule has 0 N–H and O–H groups in total. The summed E-state index contributed by atoms with van der Waals surface area (Å²) in [5.41, 5.74) is 2.45. The van der Waals surface area contributed by atoms with E-state index in [0.717, 1.165) is 31.1 Å². The molecule has 7 nitrogen and oxygen atoms in total. The molecule has 1 unspecified atom stereocenters. The smallest absolute Gasteiger partial charge is 0.419 e. The number of nitrogens with zero attached hydrogens (tertiary/aromatic N) is 3. The van der Waals surface area contributed by atoms with E-state index < -0.39 is 11.9 Å². The van der Waals surface area contributed by atoms with Crippen LogP contribution < -0.4 is 19.3 Å². The van der Waals surface area contributed by atoms with Crippen LogP contribution in [0.15, 0.2) is 36.4 Å². The van der Waals surface area contributed by atoms with E-state index in [-0.39, 0.29) is 24.2 Å². The van der Waals surface area contributed by atoms with Crippen LogP contribution in [0.25, 0.3) is 0 Å². The van der Waals surface area contributed by atoms with E-state index in [1.54, 1.807) is 16.7 Å². The minimum absolute atomic E-state index is 0.0708. The standard InChI is InChI=1S/C27H32FN3O4/c1-4-20-16-30(27(33)35-26-14-22(34-3)8-9-23(26)28)25-13-18(5-10-24(25)31(20)17(2)32)19-11-12-29(15-19)21-6-7-21/h5,8-10,13-14,19-21H,4,6-7,11-12,15-16H2,1-3H3/t19?,20-/m0/s1. The van der Waals surface area contributed by atoms with Crippen molar-refractivity contribution in [2.24, 2.45) is 0 Å². The highest BCUT2D eigenvalue weighted by molar-refractivity contribution is 6.02. The van der Waals surface area contributed by atoms with E-state index in [4.69, 9.17) is 9.47 Å². The van der Waals surface area contributed by atoms with E-state index in [2.05, 4.69) is 11.0 Å². The van der Waals surface area contributed by atoms with Crippen LogP contribution >= 0.6 is 0 Å². The number of amides is 2. The second-order valence-corrected chi connectivity index (χ2v) is 9.69. The Morgan fingerprint density at radius 2 is 1.86 bits per heavy atom. The molecule has 186 valence electrons. The Bertz CT molecular complexity index is 1140. The number of fused-ring (bicyclic) bond motifs is 1. The number of hydrogen-bond donors (Lipinski definition) is 0. The Labute approximate surface area is 205 Å². The lowest BCUT2D eigenvalue weighted by atomic mass is 9.95. The van der Waals surface area contributed by atoms with Gasteiger partial charge in [-0.3, -0.25) is 14.6 Å². The van der Waals surface area contributed by atoms with Gasteiger partial charge >= 0.3 is 6.09 Å². The molecule has 2 atom stereocenters. The van der Waals surface area contributed by atoms with Gasteiger partial charge in [0.25, 0.3) is 0 Å². The Balaban J connectivity index is 1.48. The molecule has 35 heavy (non-hydrogen) atoms. The summed E-state index contributed by atoms with van der Waals surface area (Å²) in [6.07, 6.45) is 3.62. The Morgan fingerprint density at radius 1 is 1.06 bits per heavy atom. The zero-order valence-electron chi connectivity index (χ0n) is 20.5. The molecule has 2 aromatic rings. The predicted octanol–water partition coefficient (Wildman–Crippen LogP) is 4.94. The summed E-state index contributed by atoms with van der Waals surface area (Å²) in [6.45, 7) is 5.90. The fraction of sp³-hybridized carbons (Fsp3) is 0.481. The van der Waals surface area contributed by atoms with Crippen molar-refractivity contribution < 1.29 is 23.5 Å². The molecule has 2 aliphatic heterocycles. The van der Waals surface area contributed by atoms with Crippen molar-refractivity contribution in [3.05, 3.63) is 47.8 Å². The topological polar surface area (TPSA) is 62.3 Å². The summed E-state index contributed by atoms with van der Waals surface area (Å²) in [5.74, 6) is -0.132. The second-order valence-electron chi connectivity index (χ2n) is 9.69. The van der Waals surface area contributed by atoms with Gasteiger partial charge < -0.3 is 14.4 Å². The third kappa shape index (κ3) is 4.59. The number of carbonyl (C=O) groups excluding carboxylic acids is 2. The molecule has 1 saturated carbocycles. The van der Waals surface area contributed by atoms with Crippen molar-refractivity contribution in [1.82, 2.24) is 4.90 Å². The van der Waals surface area contributed by atoms with Gasteiger partial charge in [-0.15, -0.1) is 0 Å². The largest absolute Gasteiger partial charge is 0.497 e. The summed E-state index contributed by atoms with van der Waals surface area (Å²) in [4.78, 5) is 31.8. The number of hydrogen-bond acceptors (Lipinski definition) is 5. The first-order chi connectivity index (χ1) is 16.9. The molecule has 0 aromatic heterocycles. The van der Waals surface area contributed by atoms with Crippen molar-refractivity contribution in [1.29, 1.82) is 0 Å².